The Morgan fingerprint density at radius 1 is 1.09 bits per heavy atom. The first-order valence-corrected chi connectivity index (χ1v) is 10.4. The molecule has 0 aliphatic heterocycles. The summed E-state index contributed by atoms with van der Waals surface area (Å²) >= 11 is 1.90. The van der Waals surface area contributed by atoms with Crippen LogP contribution < -0.4 is 0 Å². The van der Waals surface area contributed by atoms with E-state index in [4.69, 9.17) is 5.11 Å². The lowest BCUT2D eigenvalue weighted by atomic mass is 10.1. The molecule has 0 heterocycles. The summed E-state index contributed by atoms with van der Waals surface area (Å²) in [6.07, 6.45) is 7.39. The summed E-state index contributed by atoms with van der Waals surface area (Å²) in [5, 5.41) is 9.07. The van der Waals surface area contributed by atoms with Gasteiger partial charge in [-0.15, -0.1) is 0 Å². The standard InChI is InChI=1S/C16H23IO4S/c1-2-3-4-5-6-7-8-11-22(20,21)13-9-10-15(17)14(12-13)16(18)19/h9-10,12H,2-8,11H2,1H3,(H,18,19). The van der Waals surface area contributed by atoms with Crippen molar-refractivity contribution in [2.75, 3.05) is 5.75 Å². The Balaban J connectivity index is 2.56. The number of carboxylic acids is 1. The van der Waals surface area contributed by atoms with Gasteiger partial charge in [0, 0.05) is 3.57 Å². The van der Waals surface area contributed by atoms with Crippen molar-refractivity contribution in [2.24, 2.45) is 0 Å². The van der Waals surface area contributed by atoms with E-state index in [2.05, 4.69) is 6.92 Å². The Labute approximate surface area is 146 Å². The van der Waals surface area contributed by atoms with Crippen LogP contribution in [0.15, 0.2) is 23.1 Å². The normalized spacial score (nSPS) is 11.5. The van der Waals surface area contributed by atoms with Crippen LogP contribution in [0.2, 0.25) is 0 Å². The Morgan fingerprint density at radius 2 is 1.68 bits per heavy atom. The molecule has 0 radical (unpaired) electrons. The lowest BCUT2D eigenvalue weighted by Crippen LogP contribution is -2.09. The van der Waals surface area contributed by atoms with Gasteiger partial charge in [-0.05, 0) is 47.2 Å². The van der Waals surface area contributed by atoms with E-state index in [0.29, 0.717) is 9.99 Å². The molecule has 22 heavy (non-hydrogen) atoms. The first kappa shape index (κ1) is 19.4. The first-order valence-electron chi connectivity index (χ1n) is 7.64. The van der Waals surface area contributed by atoms with Crippen LogP contribution >= 0.6 is 22.6 Å². The zero-order valence-corrected chi connectivity index (χ0v) is 15.8. The minimum Gasteiger partial charge on any atom is -0.478 e. The molecule has 0 bridgehead atoms. The highest BCUT2D eigenvalue weighted by Gasteiger charge is 2.18. The summed E-state index contributed by atoms with van der Waals surface area (Å²) in [7, 11) is -3.40. The third-order valence-corrected chi connectivity index (χ3v) is 6.28. The van der Waals surface area contributed by atoms with Gasteiger partial charge in [0.2, 0.25) is 0 Å². The molecule has 1 aromatic rings. The van der Waals surface area contributed by atoms with E-state index in [1.165, 1.54) is 31.4 Å². The van der Waals surface area contributed by atoms with E-state index in [1.54, 1.807) is 6.07 Å². The largest absolute Gasteiger partial charge is 0.478 e. The molecule has 0 atom stereocenters. The van der Waals surface area contributed by atoms with Crippen LogP contribution in [0.4, 0.5) is 0 Å². The Kier molecular flexibility index (Phi) is 8.38. The Hall–Kier alpha value is -0.630. The number of carboxylic acid groups (broad SMARTS) is 1. The second-order valence-corrected chi connectivity index (χ2v) is 8.66. The molecule has 4 nitrogen and oxygen atoms in total. The van der Waals surface area contributed by atoms with Crippen LogP contribution in [0.1, 0.15) is 62.2 Å². The summed E-state index contributed by atoms with van der Waals surface area (Å²) < 4.78 is 25.1. The molecule has 0 aliphatic rings. The van der Waals surface area contributed by atoms with E-state index in [1.807, 2.05) is 22.6 Å². The molecule has 124 valence electrons. The summed E-state index contributed by atoms with van der Waals surface area (Å²) in [4.78, 5) is 11.2. The molecule has 1 aromatic carbocycles. The number of halogens is 1. The number of unbranched alkanes of at least 4 members (excludes halogenated alkanes) is 6. The molecule has 0 amide bonds. The maximum atomic E-state index is 12.3. The zero-order valence-electron chi connectivity index (χ0n) is 12.8. The van der Waals surface area contributed by atoms with E-state index < -0.39 is 15.8 Å². The van der Waals surface area contributed by atoms with Crippen LogP contribution in [0.3, 0.4) is 0 Å². The van der Waals surface area contributed by atoms with Gasteiger partial charge < -0.3 is 5.11 Å². The number of rotatable bonds is 10. The van der Waals surface area contributed by atoms with Gasteiger partial charge in [-0.3, -0.25) is 0 Å². The smallest absolute Gasteiger partial charge is 0.336 e. The molecule has 0 unspecified atom stereocenters. The van der Waals surface area contributed by atoms with Crippen LogP contribution in [-0.2, 0) is 9.84 Å². The average molecular weight is 438 g/mol. The molecule has 0 aromatic heterocycles. The number of hydrogen-bond donors (Lipinski definition) is 1. The highest BCUT2D eigenvalue weighted by molar-refractivity contribution is 14.1. The van der Waals surface area contributed by atoms with Crippen molar-refractivity contribution in [3.63, 3.8) is 0 Å². The van der Waals surface area contributed by atoms with E-state index in [0.717, 1.165) is 19.3 Å². The summed E-state index contributed by atoms with van der Waals surface area (Å²) in [6, 6.07) is 4.30. The Bertz CT molecular complexity index is 596. The van der Waals surface area contributed by atoms with Crippen molar-refractivity contribution in [1.29, 1.82) is 0 Å². The van der Waals surface area contributed by atoms with Crippen molar-refractivity contribution < 1.29 is 18.3 Å². The number of sulfone groups is 1. The second kappa shape index (κ2) is 9.50. The fraction of sp³-hybridized carbons (Fsp3) is 0.562. The van der Waals surface area contributed by atoms with Crippen LogP contribution in [0.25, 0.3) is 0 Å². The van der Waals surface area contributed by atoms with Gasteiger partial charge >= 0.3 is 5.97 Å². The summed E-state index contributed by atoms with van der Waals surface area (Å²) in [5.74, 6) is -1.02. The van der Waals surface area contributed by atoms with Crippen LogP contribution in [0, 0.1) is 3.57 Å². The van der Waals surface area contributed by atoms with Crippen molar-refractivity contribution in [2.45, 2.75) is 56.8 Å². The van der Waals surface area contributed by atoms with E-state index >= 15 is 0 Å². The lowest BCUT2D eigenvalue weighted by Gasteiger charge is -2.07. The third-order valence-electron chi connectivity index (χ3n) is 3.54. The quantitative estimate of drug-likeness (QED) is 0.431. The number of hydrogen-bond acceptors (Lipinski definition) is 3. The third kappa shape index (κ3) is 6.24. The Morgan fingerprint density at radius 3 is 2.27 bits per heavy atom. The molecule has 0 saturated carbocycles. The van der Waals surface area contributed by atoms with Crippen molar-refractivity contribution in [1.82, 2.24) is 0 Å². The highest BCUT2D eigenvalue weighted by atomic mass is 127. The molecule has 0 saturated heterocycles. The highest BCUT2D eigenvalue weighted by Crippen LogP contribution is 2.20. The molecular weight excluding hydrogens is 415 g/mol. The average Bonchev–Trinajstić information content (AvgIpc) is 2.46. The summed E-state index contributed by atoms with van der Waals surface area (Å²) in [5.41, 5.74) is 0.0428. The molecular formula is C16H23IO4S. The molecule has 0 spiro atoms. The van der Waals surface area contributed by atoms with Gasteiger partial charge in [0.05, 0.1) is 16.2 Å². The molecule has 1 rings (SSSR count). The fourth-order valence-corrected chi connectivity index (χ4v) is 4.19. The van der Waals surface area contributed by atoms with Crippen molar-refractivity contribution in [3.8, 4) is 0 Å². The SMILES string of the molecule is CCCCCCCCCS(=O)(=O)c1ccc(I)c(C(=O)O)c1. The van der Waals surface area contributed by atoms with Crippen LogP contribution in [0.5, 0.6) is 0 Å². The predicted molar refractivity (Wildman–Crippen MR) is 96.2 cm³/mol. The van der Waals surface area contributed by atoms with Crippen LogP contribution in [-0.4, -0.2) is 25.2 Å². The predicted octanol–water partition coefficient (Wildman–Crippen LogP) is 4.51. The molecule has 0 aliphatic carbocycles. The lowest BCUT2D eigenvalue weighted by molar-refractivity contribution is 0.0695. The number of benzene rings is 1. The maximum absolute atomic E-state index is 12.3. The topological polar surface area (TPSA) is 71.4 Å². The van der Waals surface area contributed by atoms with Gasteiger partial charge in [-0.2, -0.15) is 0 Å². The molecule has 1 N–H and O–H groups in total. The molecule has 6 heteroatoms. The second-order valence-electron chi connectivity index (χ2n) is 5.39. The van der Waals surface area contributed by atoms with Gasteiger partial charge in [0.25, 0.3) is 0 Å². The van der Waals surface area contributed by atoms with Crippen molar-refractivity contribution >= 4 is 38.4 Å². The van der Waals surface area contributed by atoms with E-state index in [-0.39, 0.29) is 16.2 Å². The van der Waals surface area contributed by atoms with Gasteiger partial charge in [0.1, 0.15) is 0 Å². The van der Waals surface area contributed by atoms with E-state index in [9.17, 15) is 13.2 Å². The number of carbonyl (C=O) groups is 1. The van der Waals surface area contributed by atoms with Gasteiger partial charge in [0.15, 0.2) is 9.84 Å². The van der Waals surface area contributed by atoms with Crippen molar-refractivity contribution in [3.05, 3.63) is 27.3 Å². The molecule has 0 fully saturated rings. The zero-order chi connectivity index (χ0) is 16.6. The van der Waals surface area contributed by atoms with Gasteiger partial charge in [-0.1, -0.05) is 45.4 Å². The monoisotopic (exact) mass is 438 g/mol. The minimum absolute atomic E-state index is 0.0428. The number of aromatic carboxylic acids is 1. The fourth-order valence-electron chi connectivity index (χ4n) is 2.23. The minimum atomic E-state index is -3.40. The van der Waals surface area contributed by atoms with Gasteiger partial charge in [-0.25, -0.2) is 13.2 Å². The first-order chi connectivity index (χ1) is 10.4. The maximum Gasteiger partial charge on any atom is 0.336 e. The summed E-state index contributed by atoms with van der Waals surface area (Å²) in [6.45, 7) is 2.17.